The molecule has 0 aromatic heterocycles. The van der Waals surface area contributed by atoms with Crippen LogP contribution in [0.25, 0.3) is 0 Å². The van der Waals surface area contributed by atoms with Gasteiger partial charge in [0, 0.05) is 25.8 Å². The zero-order valence-electron chi connectivity index (χ0n) is 14.7. The molecule has 0 saturated carbocycles. The number of methoxy groups -OCH3 is 1. The maximum atomic E-state index is 13.2. The van der Waals surface area contributed by atoms with Crippen molar-refractivity contribution in [2.24, 2.45) is 0 Å². The molecule has 27 heavy (non-hydrogen) atoms. The van der Waals surface area contributed by atoms with Crippen LogP contribution < -0.4 is 10.0 Å². The Morgan fingerprint density at radius 2 is 1.96 bits per heavy atom. The van der Waals surface area contributed by atoms with Gasteiger partial charge < -0.3 is 15.2 Å². The van der Waals surface area contributed by atoms with Gasteiger partial charge in [-0.25, -0.2) is 17.5 Å². The van der Waals surface area contributed by atoms with E-state index in [-0.39, 0.29) is 30.2 Å². The number of rotatable bonds is 9. The van der Waals surface area contributed by atoms with Gasteiger partial charge >= 0.3 is 0 Å². The first kappa shape index (κ1) is 21.0. The number of amides is 1. The van der Waals surface area contributed by atoms with Crippen molar-refractivity contribution in [3.8, 4) is 0 Å². The summed E-state index contributed by atoms with van der Waals surface area (Å²) >= 11 is 0. The van der Waals surface area contributed by atoms with E-state index in [1.807, 2.05) is 0 Å². The lowest BCUT2D eigenvalue weighted by Gasteiger charge is -2.13. The van der Waals surface area contributed by atoms with Crippen LogP contribution in [-0.2, 0) is 14.8 Å². The Morgan fingerprint density at radius 3 is 2.67 bits per heavy atom. The van der Waals surface area contributed by atoms with Gasteiger partial charge in [-0.2, -0.15) is 0 Å². The fraction of sp³-hybridized carbons (Fsp3) is 0.278. The lowest BCUT2D eigenvalue weighted by molar-refractivity contribution is 0.0916. The van der Waals surface area contributed by atoms with E-state index in [0.717, 1.165) is 0 Å². The summed E-state index contributed by atoms with van der Waals surface area (Å²) in [6.45, 7) is 0.178. The number of sulfonamides is 1. The fourth-order valence-electron chi connectivity index (χ4n) is 2.29. The Hall–Kier alpha value is -2.33. The number of aliphatic hydroxyl groups is 1. The molecular formula is C18H21FN2O5S. The van der Waals surface area contributed by atoms with Gasteiger partial charge in [-0.3, -0.25) is 4.79 Å². The van der Waals surface area contributed by atoms with E-state index in [9.17, 15) is 22.7 Å². The predicted molar refractivity (Wildman–Crippen MR) is 97.2 cm³/mol. The number of ether oxygens (including phenoxy) is 1. The Labute approximate surface area is 157 Å². The topological polar surface area (TPSA) is 105 Å². The number of carbonyl (C=O) groups is 1. The van der Waals surface area contributed by atoms with E-state index in [4.69, 9.17) is 4.74 Å². The lowest BCUT2D eigenvalue weighted by Crippen LogP contribution is -2.29. The molecule has 0 aliphatic rings. The van der Waals surface area contributed by atoms with Crippen molar-refractivity contribution in [2.45, 2.75) is 11.0 Å². The minimum absolute atomic E-state index is 0.0584. The quantitative estimate of drug-likeness (QED) is 0.553. The molecule has 0 saturated heterocycles. The van der Waals surface area contributed by atoms with Crippen LogP contribution in [0.3, 0.4) is 0 Å². The number of benzene rings is 2. The third-order valence-electron chi connectivity index (χ3n) is 3.69. The van der Waals surface area contributed by atoms with Gasteiger partial charge in [0.25, 0.3) is 5.91 Å². The molecule has 2 aromatic rings. The van der Waals surface area contributed by atoms with Gasteiger partial charge in [-0.05, 0) is 35.9 Å². The summed E-state index contributed by atoms with van der Waals surface area (Å²) in [5.74, 6) is -1.05. The summed E-state index contributed by atoms with van der Waals surface area (Å²) in [4.78, 5) is 12.2. The van der Waals surface area contributed by atoms with Crippen molar-refractivity contribution in [2.75, 3.05) is 26.8 Å². The zero-order valence-corrected chi connectivity index (χ0v) is 15.5. The Bertz CT molecular complexity index is 889. The second-order valence-corrected chi connectivity index (χ2v) is 7.47. The van der Waals surface area contributed by atoms with E-state index in [2.05, 4.69) is 10.0 Å². The van der Waals surface area contributed by atoms with Gasteiger partial charge in [0.05, 0.1) is 17.6 Å². The van der Waals surface area contributed by atoms with E-state index < -0.39 is 27.9 Å². The number of aliphatic hydroxyl groups excluding tert-OH is 1. The molecule has 0 heterocycles. The van der Waals surface area contributed by atoms with Crippen molar-refractivity contribution >= 4 is 15.9 Å². The summed E-state index contributed by atoms with van der Waals surface area (Å²) in [5, 5.41) is 12.5. The van der Waals surface area contributed by atoms with Crippen LogP contribution in [0.1, 0.15) is 22.0 Å². The third-order valence-corrected chi connectivity index (χ3v) is 5.15. The summed E-state index contributed by atoms with van der Waals surface area (Å²) in [6.07, 6.45) is -1.09. The largest absolute Gasteiger partial charge is 0.387 e. The highest BCUT2D eigenvalue weighted by Gasteiger charge is 2.17. The Kier molecular flexibility index (Phi) is 7.43. The second kappa shape index (κ2) is 9.56. The van der Waals surface area contributed by atoms with Crippen molar-refractivity contribution < 1.29 is 27.4 Å². The lowest BCUT2D eigenvalue weighted by atomic mass is 10.1. The Morgan fingerprint density at radius 1 is 1.22 bits per heavy atom. The van der Waals surface area contributed by atoms with Crippen LogP contribution in [-0.4, -0.2) is 46.2 Å². The standard InChI is InChI=1S/C18H21FN2O5S/c1-26-9-8-21-27(24,25)16-7-3-5-14(11-16)18(23)20-12-17(22)13-4-2-6-15(19)10-13/h2-7,10-11,17,21-22H,8-9,12H2,1H3,(H,20,23). The number of halogens is 1. The molecule has 0 fully saturated rings. The van der Waals surface area contributed by atoms with Crippen LogP contribution in [0.5, 0.6) is 0 Å². The average Bonchev–Trinajstić information content (AvgIpc) is 2.66. The molecular weight excluding hydrogens is 375 g/mol. The summed E-state index contributed by atoms with van der Waals surface area (Å²) in [5.41, 5.74) is 0.449. The first-order valence-electron chi connectivity index (χ1n) is 8.14. The van der Waals surface area contributed by atoms with Crippen molar-refractivity contribution in [1.82, 2.24) is 10.0 Å². The highest BCUT2D eigenvalue weighted by molar-refractivity contribution is 7.89. The van der Waals surface area contributed by atoms with Gasteiger partial charge in [-0.1, -0.05) is 18.2 Å². The van der Waals surface area contributed by atoms with E-state index >= 15 is 0 Å². The summed E-state index contributed by atoms with van der Waals surface area (Å²) in [7, 11) is -2.31. The molecule has 7 nitrogen and oxygen atoms in total. The first-order valence-corrected chi connectivity index (χ1v) is 9.62. The first-order chi connectivity index (χ1) is 12.8. The molecule has 1 unspecified atom stereocenters. The third kappa shape index (κ3) is 6.10. The molecule has 2 aromatic carbocycles. The number of nitrogens with one attached hydrogen (secondary N) is 2. The van der Waals surface area contributed by atoms with Gasteiger partial charge in [-0.15, -0.1) is 0 Å². The normalized spacial score (nSPS) is 12.6. The number of hydrogen-bond donors (Lipinski definition) is 3. The molecule has 2 rings (SSSR count). The molecule has 0 aliphatic carbocycles. The number of hydrogen-bond acceptors (Lipinski definition) is 5. The minimum atomic E-state index is -3.77. The van der Waals surface area contributed by atoms with Crippen LogP contribution in [0.15, 0.2) is 53.4 Å². The summed E-state index contributed by atoms with van der Waals surface area (Å²) < 4.78 is 44.7. The molecule has 9 heteroatoms. The average molecular weight is 396 g/mol. The molecule has 0 aliphatic heterocycles. The molecule has 0 radical (unpaired) electrons. The maximum absolute atomic E-state index is 13.2. The molecule has 0 spiro atoms. The van der Waals surface area contributed by atoms with Crippen molar-refractivity contribution in [3.05, 3.63) is 65.5 Å². The number of carbonyl (C=O) groups excluding carboxylic acids is 1. The van der Waals surface area contributed by atoms with Crippen LogP contribution in [0, 0.1) is 5.82 Å². The Balaban J connectivity index is 2.02. The van der Waals surface area contributed by atoms with Crippen molar-refractivity contribution in [1.29, 1.82) is 0 Å². The van der Waals surface area contributed by atoms with Crippen LogP contribution in [0.4, 0.5) is 4.39 Å². The zero-order chi connectivity index (χ0) is 19.9. The minimum Gasteiger partial charge on any atom is -0.387 e. The van der Waals surface area contributed by atoms with Crippen molar-refractivity contribution in [3.63, 3.8) is 0 Å². The molecule has 1 amide bonds. The molecule has 146 valence electrons. The van der Waals surface area contributed by atoms with Crippen LogP contribution >= 0.6 is 0 Å². The highest BCUT2D eigenvalue weighted by atomic mass is 32.2. The van der Waals surface area contributed by atoms with E-state index in [1.54, 1.807) is 6.07 Å². The van der Waals surface area contributed by atoms with Gasteiger partial charge in [0.2, 0.25) is 10.0 Å². The van der Waals surface area contributed by atoms with Gasteiger partial charge in [0.15, 0.2) is 0 Å². The highest BCUT2D eigenvalue weighted by Crippen LogP contribution is 2.14. The van der Waals surface area contributed by atoms with Gasteiger partial charge in [0.1, 0.15) is 5.82 Å². The smallest absolute Gasteiger partial charge is 0.251 e. The monoisotopic (exact) mass is 396 g/mol. The molecule has 3 N–H and O–H groups in total. The molecule has 0 bridgehead atoms. The molecule has 1 atom stereocenters. The van der Waals surface area contributed by atoms with E-state index in [0.29, 0.717) is 5.56 Å². The van der Waals surface area contributed by atoms with E-state index in [1.165, 1.54) is 49.6 Å². The SMILES string of the molecule is COCCNS(=O)(=O)c1cccc(C(=O)NCC(O)c2cccc(F)c2)c1. The summed E-state index contributed by atoms with van der Waals surface area (Å²) in [6, 6.07) is 10.9. The maximum Gasteiger partial charge on any atom is 0.251 e. The second-order valence-electron chi connectivity index (χ2n) is 5.70. The fourth-order valence-corrected chi connectivity index (χ4v) is 3.35. The predicted octanol–water partition coefficient (Wildman–Crippen LogP) is 1.21. The van der Waals surface area contributed by atoms with Crippen LogP contribution in [0.2, 0.25) is 0 Å².